The zero-order valence-corrected chi connectivity index (χ0v) is 14.9. The van der Waals surface area contributed by atoms with E-state index in [9.17, 15) is 9.59 Å². The second-order valence-corrected chi connectivity index (χ2v) is 7.03. The molecule has 1 aromatic rings. The summed E-state index contributed by atoms with van der Waals surface area (Å²) >= 11 is 6.05. The molecule has 0 bridgehead atoms. The van der Waals surface area contributed by atoms with Crippen LogP contribution in [0.25, 0.3) is 0 Å². The maximum atomic E-state index is 12.0. The Morgan fingerprint density at radius 2 is 2.28 bits per heavy atom. The van der Waals surface area contributed by atoms with Gasteiger partial charge in [0.1, 0.15) is 0 Å². The van der Waals surface area contributed by atoms with Crippen LogP contribution in [0.15, 0.2) is 29.4 Å². The van der Waals surface area contributed by atoms with Gasteiger partial charge in [0.2, 0.25) is 11.8 Å². The van der Waals surface area contributed by atoms with Crippen LogP contribution in [0.4, 0.5) is 5.69 Å². The third-order valence-electron chi connectivity index (χ3n) is 4.67. The summed E-state index contributed by atoms with van der Waals surface area (Å²) in [7, 11) is 0. The van der Waals surface area contributed by atoms with E-state index in [1.54, 1.807) is 0 Å². The van der Waals surface area contributed by atoms with Crippen molar-refractivity contribution in [3.8, 4) is 0 Å². The van der Waals surface area contributed by atoms with Gasteiger partial charge in [-0.25, -0.2) is 5.43 Å². The Morgan fingerprint density at radius 1 is 1.40 bits per heavy atom. The minimum Gasteiger partial charge on any atom is -0.371 e. The quantitative estimate of drug-likeness (QED) is 0.815. The average Bonchev–Trinajstić information content (AvgIpc) is 3.08. The zero-order valence-electron chi connectivity index (χ0n) is 14.1. The number of benzene rings is 1. The van der Waals surface area contributed by atoms with E-state index in [4.69, 9.17) is 11.6 Å². The first-order valence-corrected chi connectivity index (χ1v) is 9.09. The summed E-state index contributed by atoms with van der Waals surface area (Å²) in [5.41, 5.74) is 4.49. The highest BCUT2D eigenvalue weighted by molar-refractivity contribution is 6.30. The summed E-state index contributed by atoms with van der Waals surface area (Å²) in [5.74, 6) is 0.439. The minimum atomic E-state index is -0.0568. The molecule has 7 heteroatoms. The third-order valence-corrected chi connectivity index (χ3v) is 4.90. The van der Waals surface area contributed by atoms with E-state index < -0.39 is 0 Å². The lowest BCUT2D eigenvalue weighted by molar-refractivity contribution is -0.121. The SMILES string of the molecule is O=C(CCC1=NNC(=O)CC1)NC[C@@H]1CCN(c2cccc(Cl)c2)C1. The molecule has 0 aromatic heterocycles. The van der Waals surface area contributed by atoms with E-state index >= 15 is 0 Å². The van der Waals surface area contributed by atoms with Gasteiger partial charge in [0, 0.05) is 48.9 Å². The number of halogens is 1. The molecule has 0 aliphatic carbocycles. The average molecular weight is 363 g/mol. The monoisotopic (exact) mass is 362 g/mol. The number of anilines is 1. The maximum Gasteiger partial charge on any atom is 0.240 e. The first-order valence-electron chi connectivity index (χ1n) is 8.71. The zero-order chi connectivity index (χ0) is 17.6. The lowest BCUT2D eigenvalue weighted by atomic mass is 10.1. The summed E-state index contributed by atoms with van der Waals surface area (Å²) in [4.78, 5) is 25.4. The summed E-state index contributed by atoms with van der Waals surface area (Å²) in [6, 6.07) is 7.88. The number of hydrazone groups is 1. The predicted octanol–water partition coefficient (Wildman–Crippen LogP) is 2.33. The van der Waals surface area contributed by atoms with Crippen LogP contribution in [0.3, 0.4) is 0 Å². The molecule has 2 aliphatic heterocycles. The van der Waals surface area contributed by atoms with Crippen molar-refractivity contribution in [3.05, 3.63) is 29.3 Å². The van der Waals surface area contributed by atoms with Crippen LogP contribution in [0.1, 0.15) is 32.1 Å². The van der Waals surface area contributed by atoms with Crippen molar-refractivity contribution < 1.29 is 9.59 Å². The number of hydrogen-bond donors (Lipinski definition) is 2. The molecule has 2 heterocycles. The number of carbonyl (C=O) groups is 2. The number of hydrogen-bond acceptors (Lipinski definition) is 4. The first-order chi connectivity index (χ1) is 12.1. The van der Waals surface area contributed by atoms with Crippen LogP contribution in [0, 0.1) is 5.92 Å². The first kappa shape index (κ1) is 17.7. The molecule has 25 heavy (non-hydrogen) atoms. The molecule has 0 radical (unpaired) electrons. The van der Waals surface area contributed by atoms with Gasteiger partial charge in [-0.15, -0.1) is 0 Å². The van der Waals surface area contributed by atoms with Gasteiger partial charge in [0.15, 0.2) is 0 Å². The lowest BCUT2D eigenvalue weighted by Crippen LogP contribution is -2.32. The van der Waals surface area contributed by atoms with Gasteiger partial charge in [-0.3, -0.25) is 9.59 Å². The molecule has 2 aliphatic rings. The highest BCUT2D eigenvalue weighted by atomic mass is 35.5. The molecule has 0 unspecified atom stereocenters. The molecule has 3 rings (SSSR count). The van der Waals surface area contributed by atoms with Crippen molar-refractivity contribution in [2.45, 2.75) is 32.1 Å². The van der Waals surface area contributed by atoms with Crippen molar-refractivity contribution in [3.63, 3.8) is 0 Å². The van der Waals surface area contributed by atoms with Gasteiger partial charge >= 0.3 is 0 Å². The Balaban J connectivity index is 1.37. The molecule has 2 amide bonds. The van der Waals surface area contributed by atoms with Crippen LogP contribution in [-0.2, 0) is 9.59 Å². The van der Waals surface area contributed by atoms with Gasteiger partial charge in [0.05, 0.1) is 0 Å². The minimum absolute atomic E-state index is 0.0424. The normalized spacial score (nSPS) is 20.2. The lowest BCUT2D eigenvalue weighted by Gasteiger charge is -2.19. The van der Waals surface area contributed by atoms with Gasteiger partial charge in [-0.2, -0.15) is 5.10 Å². The highest BCUT2D eigenvalue weighted by Crippen LogP contribution is 2.25. The van der Waals surface area contributed by atoms with E-state index in [0.717, 1.165) is 35.9 Å². The molecule has 2 N–H and O–H groups in total. The van der Waals surface area contributed by atoms with Gasteiger partial charge < -0.3 is 10.2 Å². The third kappa shape index (κ3) is 5.19. The molecule has 6 nitrogen and oxygen atoms in total. The van der Waals surface area contributed by atoms with E-state index in [-0.39, 0.29) is 11.8 Å². The summed E-state index contributed by atoms with van der Waals surface area (Å²) < 4.78 is 0. The van der Waals surface area contributed by atoms with E-state index in [1.807, 2.05) is 18.2 Å². The largest absolute Gasteiger partial charge is 0.371 e. The van der Waals surface area contributed by atoms with Crippen LogP contribution in [0.5, 0.6) is 0 Å². The fourth-order valence-electron chi connectivity index (χ4n) is 3.20. The molecule has 1 aromatic carbocycles. The highest BCUT2D eigenvalue weighted by Gasteiger charge is 2.23. The van der Waals surface area contributed by atoms with Gasteiger partial charge in [-0.1, -0.05) is 17.7 Å². The second-order valence-electron chi connectivity index (χ2n) is 6.60. The molecule has 134 valence electrons. The molecule has 1 atom stereocenters. The second kappa shape index (κ2) is 8.34. The van der Waals surface area contributed by atoms with E-state index in [0.29, 0.717) is 38.1 Å². The summed E-state index contributed by atoms with van der Waals surface area (Å²) in [6.45, 7) is 2.61. The number of nitrogens with zero attached hydrogens (tertiary/aromatic N) is 2. The topological polar surface area (TPSA) is 73.8 Å². The Kier molecular flexibility index (Phi) is 5.91. The smallest absolute Gasteiger partial charge is 0.240 e. The molecular formula is C18H23ClN4O2. The van der Waals surface area contributed by atoms with Crippen LogP contribution in [0.2, 0.25) is 5.02 Å². The Labute approximate surface area is 152 Å². The van der Waals surface area contributed by atoms with Gasteiger partial charge in [-0.05, 0) is 43.4 Å². The van der Waals surface area contributed by atoms with Crippen molar-refractivity contribution >= 4 is 34.8 Å². The van der Waals surface area contributed by atoms with Crippen molar-refractivity contribution in [1.29, 1.82) is 0 Å². The van der Waals surface area contributed by atoms with E-state index in [2.05, 4.69) is 26.8 Å². The van der Waals surface area contributed by atoms with Crippen molar-refractivity contribution in [2.75, 3.05) is 24.5 Å². The Hall–Kier alpha value is -2.08. The van der Waals surface area contributed by atoms with Crippen LogP contribution < -0.4 is 15.6 Å². The van der Waals surface area contributed by atoms with Crippen LogP contribution in [-0.4, -0.2) is 37.2 Å². The summed E-state index contributed by atoms with van der Waals surface area (Å²) in [6.07, 6.45) is 3.19. The van der Waals surface area contributed by atoms with Crippen LogP contribution >= 0.6 is 11.6 Å². The number of rotatable bonds is 6. The Morgan fingerprint density at radius 3 is 3.04 bits per heavy atom. The molecule has 0 spiro atoms. The molecule has 1 saturated heterocycles. The van der Waals surface area contributed by atoms with E-state index in [1.165, 1.54) is 0 Å². The fourth-order valence-corrected chi connectivity index (χ4v) is 3.39. The standard InChI is InChI=1S/C18H23ClN4O2/c19-14-2-1-3-16(10-14)23-9-8-13(12-23)11-20-17(24)6-4-15-5-7-18(25)22-21-15/h1-3,10,13H,4-9,11-12H2,(H,20,24)(H,22,25)/t13-/m0/s1. The number of carbonyl (C=O) groups excluding carboxylic acids is 2. The number of amides is 2. The fraction of sp³-hybridized carbons (Fsp3) is 0.500. The van der Waals surface area contributed by atoms with Crippen molar-refractivity contribution in [2.24, 2.45) is 11.0 Å². The number of nitrogens with one attached hydrogen (secondary N) is 2. The van der Waals surface area contributed by atoms with Crippen molar-refractivity contribution in [1.82, 2.24) is 10.7 Å². The maximum absolute atomic E-state index is 12.0. The molecule has 0 saturated carbocycles. The molecular weight excluding hydrogens is 340 g/mol. The Bertz CT molecular complexity index is 677. The summed E-state index contributed by atoms with van der Waals surface area (Å²) in [5, 5.41) is 7.76. The predicted molar refractivity (Wildman–Crippen MR) is 98.8 cm³/mol. The van der Waals surface area contributed by atoms with Gasteiger partial charge in [0.25, 0.3) is 0 Å². The molecule has 1 fully saturated rings.